The lowest BCUT2D eigenvalue weighted by Crippen LogP contribution is -2.38. The first-order valence-electron chi connectivity index (χ1n) is 6.92. The topological polar surface area (TPSA) is 38.0 Å². The maximum absolute atomic E-state index is 13.6. The number of anilines is 1. The van der Waals surface area contributed by atoms with E-state index in [1.807, 2.05) is 6.07 Å². The number of hydrogen-bond donors (Lipinski definition) is 2. The molecular weight excluding hydrogens is 227 g/mol. The predicted octanol–water partition coefficient (Wildman–Crippen LogP) is 3.39. The summed E-state index contributed by atoms with van der Waals surface area (Å²) in [4.78, 5) is 0. The molecule has 0 bridgehead atoms. The lowest BCUT2D eigenvalue weighted by Gasteiger charge is -2.33. The van der Waals surface area contributed by atoms with E-state index in [-0.39, 0.29) is 11.9 Å². The minimum absolute atomic E-state index is 0.189. The summed E-state index contributed by atoms with van der Waals surface area (Å²) >= 11 is 0. The first kappa shape index (κ1) is 13.3. The van der Waals surface area contributed by atoms with E-state index >= 15 is 0 Å². The molecule has 0 heterocycles. The van der Waals surface area contributed by atoms with Gasteiger partial charge in [0, 0.05) is 12.6 Å². The third-order valence-corrected chi connectivity index (χ3v) is 4.10. The van der Waals surface area contributed by atoms with Crippen LogP contribution >= 0.6 is 0 Å². The highest BCUT2D eigenvalue weighted by atomic mass is 19.1. The molecule has 3 heteroatoms. The van der Waals surface area contributed by atoms with Crippen LogP contribution in [0, 0.1) is 17.7 Å². The lowest BCUT2D eigenvalue weighted by atomic mass is 9.79. The van der Waals surface area contributed by atoms with Crippen LogP contribution in [0.15, 0.2) is 24.3 Å². The maximum Gasteiger partial charge on any atom is 0.146 e. The van der Waals surface area contributed by atoms with Crippen molar-refractivity contribution in [3.63, 3.8) is 0 Å². The van der Waals surface area contributed by atoms with Gasteiger partial charge in [0.1, 0.15) is 5.82 Å². The minimum Gasteiger partial charge on any atom is -0.378 e. The molecule has 100 valence electrons. The molecule has 18 heavy (non-hydrogen) atoms. The molecule has 0 spiro atoms. The molecule has 1 atom stereocenters. The maximum atomic E-state index is 13.6. The standard InChI is InChI=1S/C15H23FN2/c1-11-6-8-12(9-7-11)15(10-17)18-14-5-3-2-4-13(14)16/h2-5,11-12,15,18H,6-10,17H2,1H3. The van der Waals surface area contributed by atoms with Crippen LogP contribution in [0.5, 0.6) is 0 Å². The van der Waals surface area contributed by atoms with Crippen LogP contribution in [0.2, 0.25) is 0 Å². The summed E-state index contributed by atoms with van der Waals surface area (Å²) in [6.45, 7) is 2.87. The third kappa shape index (κ3) is 3.22. The smallest absolute Gasteiger partial charge is 0.146 e. The van der Waals surface area contributed by atoms with Gasteiger partial charge in [0.15, 0.2) is 0 Å². The molecule has 2 nitrogen and oxygen atoms in total. The fourth-order valence-electron chi connectivity index (χ4n) is 2.84. The molecule has 2 rings (SSSR count). The first-order valence-corrected chi connectivity index (χ1v) is 6.92. The molecule has 0 aromatic heterocycles. The second-order valence-corrected chi connectivity index (χ2v) is 5.49. The number of nitrogens with one attached hydrogen (secondary N) is 1. The van der Waals surface area contributed by atoms with Crippen molar-refractivity contribution < 1.29 is 4.39 Å². The molecule has 0 radical (unpaired) electrons. The van der Waals surface area contributed by atoms with Crippen LogP contribution in [0.1, 0.15) is 32.6 Å². The van der Waals surface area contributed by atoms with Crippen LogP contribution in [-0.4, -0.2) is 12.6 Å². The molecule has 0 saturated heterocycles. The normalized spacial score (nSPS) is 25.7. The zero-order valence-corrected chi connectivity index (χ0v) is 11.0. The Morgan fingerprint density at radius 3 is 2.56 bits per heavy atom. The molecule has 1 aromatic rings. The van der Waals surface area contributed by atoms with Crippen molar-refractivity contribution in [3.8, 4) is 0 Å². The average molecular weight is 250 g/mol. The predicted molar refractivity (Wildman–Crippen MR) is 74.0 cm³/mol. The van der Waals surface area contributed by atoms with Gasteiger partial charge in [0.2, 0.25) is 0 Å². The van der Waals surface area contributed by atoms with E-state index in [1.54, 1.807) is 12.1 Å². The molecule has 1 aliphatic rings. The molecule has 0 amide bonds. The van der Waals surface area contributed by atoms with Crippen molar-refractivity contribution in [3.05, 3.63) is 30.1 Å². The summed E-state index contributed by atoms with van der Waals surface area (Å²) in [6.07, 6.45) is 4.93. The van der Waals surface area contributed by atoms with E-state index in [2.05, 4.69) is 12.2 Å². The van der Waals surface area contributed by atoms with Gasteiger partial charge in [0.25, 0.3) is 0 Å². The zero-order chi connectivity index (χ0) is 13.0. The van der Waals surface area contributed by atoms with Gasteiger partial charge >= 0.3 is 0 Å². The number of hydrogen-bond acceptors (Lipinski definition) is 2. The largest absolute Gasteiger partial charge is 0.378 e. The number of para-hydroxylation sites is 1. The van der Waals surface area contributed by atoms with Crippen molar-refractivity contribution in [2.24, 2.45) is 17.6 Å². The van der Waals surface area contributed by atoms with Crippen LogP contribution in [0.3, 0.4) is 0 Å². The molecule has 1 aromatic carbocycles. The summed E-state index contributed by atoms with van der Waals surface area (Å²) in [5.74, 6) is 1.21. The third-order valence-electron chi connectivity index (χ3n) is 4.10. The minimum atomic E-state index is -0.194. The van der Waals surface area contributed by atoms with Crippen LogP contribution in [-0.2, 0) is 0 Å². The van der Waals surface area contributed by atoms with Crippen LogP contribution in [0.25, 0.3) is 0 Å². The van der Waals surface area contributed by atoms with E-state index < -0.39 is 0 Å². The van der Waals surface area contributed by atoms with Crippen molar-refractivity contribution in [1.29, 1.82) is 0 Å². The SMILES string of the molecule is CC1CCC(C(CN)Nc2ccccc2F)CC1. The average Bonchev–Trinajstić information content (AvgIpc) is 2.39. The van der Waals surface area contributed by atoms with Crippen molar-refractivity contribution in [1.82, 2.24) is 0 Å². The first-order chi connectivity index (χ1) is 8.70. The Balaban J connectivity index is 1.99. The fourth-order valence-corrected chi connectivity index (χ4v) is 2.84. The van der Waals surface area contributed by atoms with Gasteiger partial charge in [-0.25, -0.2) is 4.39 Å². The Bertz CT molecular complexity index is 373. The Morgan fingerprint density at radius 2 is 1.94 bits per heavy atom. The van der Waals surface area contributed by atoms with Gasteiger partial charge in [-0.3, -0.25) is 0 Å². The molecule has 1 unspecified atom stereocenters. The van der Waals surface area contributed by atoms with E-state index in [0.29, 0.717) is 18.2 Å². The zero-order valence-electron chi connectivity index (χ0n) is 11.0. The summed E-state index contributed by atoms with van der Waals surface area (Å²) in [7, 11) is 0. The number of nitrogens with two attached hydrogens (primary N) is 1. The van der Waals surface area contributed by atoms with E-state index in [1.165, 1.54) is 31.7 Å². The summed E-state index contributed by atoms with van der Waals surface area (Å²) in [6, 6.07) is 7.01. The van der Waals surface area contributed by atoms with Gasteiger partial charge in [0.05, 0.1) is 5.69 Å². The molecular formula is C15H23FN2. The van der Waals surface area contributed by atoms with Gasteiger partial charge < -0.3 is 11.1 Å². The second kappa shape index (κ2) is 6.19. The Kier molecular flexibility index (Phi) is 4.59. The summed E-state index contributed by atoms with van der Waals surface area (Å²) in [5.41, 5.74) is 6.43. The highest BCUT2D eigenvalue weighted by Crippen LogP contribution is 2.31. The van der Waals surface area contributed by atoms with Crippen molar-refractivity contribution in [2.45, 2.75) is 38.6 Å². The lowest BCUT2D eigenvalue weighted by molar-refractivity contribution is 0.265. The molecule has 1 saturated carbocycles. The van der Waals surface area contributed by atoms with Crippen molar-refractivity contribution >= 4 is 5.69 Å². The van der Waals surface area contributed by atoms with Gasteiger partial charge in [-0.1, -0.05) is 31.9 Å². The van der Waals surface area contributed by atoms with Crippen molar-refractivity contribution in [2.75, 3.05) is 11.9 Å². The molecule has 3 N–H and O–H groups in total. The molecule has 1 aliphatic carbocycles. The fraction of sp³-hybridized carbons (Fsp3) is 0.600. The number of halogens is 1. The number of benzene rings is 1. The van der Waals surface area contributed by atoms with E-state index in [0.717, 1.165) is 5.92 Å². The molecule has 0 aliphatic heterocycles. The summed E-state index contributed by atoms with van der Waals surface area (Å²) < 4.78 is 13.6. The Labute approximate surface area is 109 Å². The Hall–Kier alpha value is -1.09. The summed E-state index contributed by atoms with van der Waals surface area (Å²) in [5, 5.41) is 3.28. The Morgan fingerprint density at radius 1 is 1.28 bits per heavy atom. The highest BCUT2D eigenvalue weighted by molar-refractivity contribution is 5.45. The van der Waals surface area contributed by atoms with E-state index in [9.17, 15) is 4.39 Å². The van der Waals surface area contributed by atoms with E-state index in [4.69, 9.17) is 5.73 Å². The quantitative estimate of drug-likeness (QED) is 0.859. The highest BCUT2D eigenvalue weighted by Gasteiger charge is 2.25. The monoisotopic (exact) mass is 250 g/mol. The van der Waals surface area contributed by atoms with Gasteiger partial charge in [-0.05, 0) is 36.8 Å². The van der Waals surface area contributed by atoms with Gasteiger partial charge in [-0.2, -0.15) is 0 Å². The molecule has 1 fully saturated rings. The van der Waals surface area contributed by atoms with Crippen LogP contribution in [0.4, 0.5) is 10.1 Å². The second-order valence-electron chi connectivity index (χ2n) is 5.49. The van der Waals surface area contributed by atoms with Crippen LogP contribution < -0.4 is 11.1 Å². The van der Waals surface area contributed by atoms with Gasteiger partial charge in [-0.15, -0.1) is 0 Å². The number of rotatable bonds is 4.